The number of aromatic hydroxyl groups is 1. The molecule has 10 heteroatoms. The maximum absolute atomic E-state index is 14.0. The number of phenols is 1. The minimum atomic E-state index is -0.844. The van der Waals surface area contributed by atoms with E-state index in [0.29, 0.717) is 0 Å². The molecule has 0 unspecified atom stereocenters. The molecule has 3 atom stereocenters. The topological polar surface area (TPSA) is 96.4 Å². The Bertz CT molecular complexity index is 1370. The Balaban J connectivity index is 1.47. The Morgan fingerprint density at radius 1 is 1.00 bits per heavy atom. The lowest BCUT2D eigenvalue weighted by Gasteiger charge is -2.55. The number of likely N-dealkylation sites (N-methyl/N-ethyl adjacent to an activating group) is 1. The Kier molecular flexibility index (Phi) is 7.70. The Hall–Kier alpha value is -4.44. The molecule has 2 N–H and O–H groups in total. The normalized spacial score (nSPS) is 20.3. The van der Waals surface area contributed by atoms with Crippen molar-refractivity contribution in [1.29, 1.82) is 0 Å². The van der Waals surface area contributed by atoms with Crippen LogP contribution in [-0.2, 0) is 22.6 Å². The standard InChI is InChI=1S/C30H32FN5O4/c1-20(23-6-4-3-5-7-23)34-18-27-35(26(29(34)39)16-21-10-14-25(37)15-11-21)28(38)19-33(2)36(27)30(40)32-17-22-8-12-24(31)13-9-22/h3-15,20,26-27,37H,16-19H2,1-2H3,(H,32,40)/t20-,26-,27-/m0/s1. The lowest BCUT2D eigenvalue weighted by atomic mass is 9.96. The zero-order valence-corrected chi connectivity index (χ0v) is 22.4. The molecule has 2 fully saturated rings. The van der Waals surface area contributed by atoms with Gasteiger partial charge in [0.25, 0.3) is 0 Å². The Morgan fingerprint density at radius 2 is 1.65 bits per heavy atom. The molecule has 3 aromatic carbocycles. The molecule has 2 heterocycles. The molecule has 4 amide bonds. The van der Waals surface area contributed by atoms with Crippen molar-refractivity contribution in [2.45, 2.75) is 38.1 Å². The van der Waals surface area contributed by atoms with E-state index >= 15 is 0 Å². The predicted octanol–water partition coefficient (Wildman–Crippen LogP) is 3.27. The van der Waals surface area contributed by atoms with E-state index in [1.165, 1.54) is 22.0 Å². The second-order valence-corrected chi connectivity index (χ2v) is 10.2. The molecule has 2 aliphatic rings. The molecule has 208 valence electrons. The van der Waals surface area contributed by atoms with Gasteiger partial charge in [-0.3, -0.25) is 9.59 Å². The van der Waals surface area contributed by atoms with Gasteiger partial charge >= 0.3 is 6.03 Å². The molecule has 40 heavy (non-hydrogen) atoms. The van der Waals surface area contributed by atoms with Gasteiger partial charge in [-0.15, -0.1) is 0 Å². The summed E-state index contributed by atoms with van der Waals surface area (Å²) in [4.78, 5) is 44.3. The lowest BCUT2D eigenvalue weighted by molar-refractivity contribution is -0.189. The van der Waals surface area contributed by atoms with Crippen molar-refractivity contribution in [1.82, 2.24) is 25.1 Å². The molecule has 0 aliphatic carbocycles. The van der Waals surface area contributed by atoms with Gasteiger partial charge in [-0.1, -0.05) is 54.6 Å². The molecular formula is C30H32FN5O4. The number of nitrogens with one attached hydrogen (secondary N) is 1. The summed E-state index contributed by atoms with van der Waals surface area (Å²) in [6, 6.07) is 20.5. The smallest absolute Gasteiger partial charge is 0.334 e. The van der Waals surface area contributed by atoms with Gasteiger partial charge in [-0.25, -0.2) is 19.2 Å². The molecule has 0 aromatic heterocycles. The third-order valence-electron chi connectivity index (χ3n) is 7.57. The van der Waals surface area contributed by atoms with Gasteiger partial charge < -0.3 is 20.2 Å². The van der Waals surface area contributed by atoms with Crippen LogP contribution in [0.5, 0.6) is 5.75 Å². The van der Waals surface area contributed by atoms with Gasteiger partial charge in [-0.2, -0.15) is 0 Å². The van der Waals surface area contributed by atoms with Crippen LogP contribution < -0.4 is 5.32 Å². The number of benzene rings is 3. The first-order chi connectivity index (χ1) is 19.2. The fourth-order valence-electron chi connectivity index (χ4n) is 5.44. The summed E-state index contributed by atoms with van der Waals surface area (Å²) in [5, 5.41) is 15.7. The maximum atomic E-state index is 14.0. The summed E-state index contributed by atoms with van der Waals surface area (Å²) in [5.41, 5.74) is 2.45. The first-order valence-electron chi connectivity index (χ1n) is 13.2. The zero-order chi connectivity index (χ0) is 28.4. The lowest BCUT2D eigenvalue weighted by Crippen LogP contribution is -2.76. The van der Waals surface area contributed by atoms with Gasteiger partial charge in [0.15, 0.2) is 0 Å². The molecule has 0 bridgehead atoms. The Morgan fingerprint density at radius 3 is 2.33 bits per heavy atom. The number of halogens is 1. The van der Waals surface area contributed by atoms with E-state index in [-0.39, 0.29) is 55.5 Å². The van der Waals surface area contributed by atoms with Crippen LogP contribution in [0.4, 0.5) is 9.18 Å². The fourth-order valence-corrected chi connectivity index (χ4v) is 5.44. The number of fused-ring (bicyclic) bond motifs is 1. The largest absolute Gasteiger partial charge is 0.508 e. The van der Waals surface area contributed by atoms with Crippen LogP contribution in [-0.4, -0.2) is 75.1 Å². The summed E-state index contributed by atoms with van der Waals surface area (Å²) < 4.78 is 13.3. The van der Waals surface area contributed by atoms with Crippen LogP contribution in [0.3, 0.4) is 0 Å². The number of hydrogen-bond donors (Lipinski definition) is 2. The SMILES string of the molecule is C[C@@H](c1ccccc1)N1C[C@H]2N(C(=O)CN(C)N2C(=O)NCc2ccc(F)cc2)[C@@H](Cc2ccc(O)cc2)C1=O. The molecule has 0 spiro atoms. The minimum Gasteiger partial charge on any atom is -0.508 e. The summed E-state index contributed by atoms with van der Waals surface area (Å²) in [7, 11) is 1.67. The monoisotopic (exact) mass is 545 g/mol. The first kappa shape index (κ1) is 27.1. The van der Waals surface area contributed by atoms with E-state index < -0.39 is 18.2 Å². The zero-order valence-electron chi connectivity index (χ0n) is 22.4. The highest BCUT2D eigenvalue weighted by atomic mass is 19.1. The van der Waals surface area contributed by atoms with Gasteiger partial charge in [-0.05, 0) is 47.9 Å². The number of hydrazine groups is 1. The molecule has 3 aromatic rings. The van der Waals surface area contributed by atoms with Crippen molar-refractivity contribution in [3.63, 3.8) is 0 Å². The highest BCUT2D eigenvalue weighted by molar-refractivity contribution is 5.92. The third-order valence-corrected chi connectivity index (χ3v) is 7.57. The average molecular weight is 546 g/mol. The first-order valence-corrected chi connectivity index (χ1v) is 13.2. The van der Waals surface area contributed by atoms with Crippen molar-refractivity contribution >= 4 is 17.8 Å². The average Bonchev–Trinajstić information content (AvgIpc) is 2.95. The van der Waals surface area contributed by atoms with Crippen molar-refractivity contribution in [3.05, 3.63) is 101 Å². The fraction of sp³-hybridized carbons (Fsp3) is 0.300. The maximum Gasteiger partial charge on any atom is 0.334 e. The van der Waals surface area contributed by atoms with Gasteiger partial charge in [0.05, 0.1) is 19.1 Å². The highest BCUT2D eigenvalue weighted by Gasteiger charge is 2.51. The number of urea groups is 1. The van der Waals surface area contributed by atoms with Crippen molar-refractivity contribution < 1.29 is 23.9 Å². The Labute approximate surface area is 232 Å². The second kappa shape index (κ2) is 11.4. The van der Waals surface area contributed by atoms with E-state index in [2.05, 4.69) is 5.32 Å². The van der Waals surface area contributed by atoms with Gasteiger partial charge in [0, 0.05) is 20.0 Å². The number of amides is 4. The molecular weight excluding hydrogens is 513 g/mol. The number of nitrogens with zero attached hydrogens (tertiary/aromatic N) is 4. The van der Waals surface area contributed by atoms with Crippen LogP contribution in [0.2, 0.25) is 0 Å². The highest BCUT2D eigenvalue weighted by Crippen LogP contribution is 2.32. The molecule has 5 rings (SSSR count). The van der Waals surface area contributed by atoms with Gasteiger partial charge in [0.2, 0.25) is 11.8 Å². The third kappa shape index (κ3) is 5.48. The molecule has 2 aliphatic heterocycles. The van der Waals surface area contributed by atoms with E-state index in [0.717, 1.165) is 16.7 Å². The van der Waals surface area contributed by atoms with Crippen molar-refractivity contribution in [2.24, 2.45) is 0 Å². The van der Waals surface area contributed by atoms with Crippen LogP contribution in [0.1, 0.15) is 29.7 Å². The number of piperazine rings is 1. The number of phenolic OH excluding ortho intramolecular Hbond substituents is 1. The van der Waals surface area contributed by atoms with Crippen LogP contribution in [0.25, 0.3) is 0 Å². The van der Waals surface area contributed by atoms with E-state index in [1.54, 1.807) is 53.4 Å². The van der Waals surface area contributed by atoms with Crippen LogP contribution in [0, 0.1) is 5.82 Å². The van der Waals surface area contributed by atoms with E-state index in [9.17, 15) is 23.9 Å². The quantitative estimate of drug-likeness (QED) is 0.496. The molecule has 2 saturated heterocycles. The molecule has 0 saturated carbocycles. The molecule has 9 nitrogen and oxygen atoms in total. The van der Waals surface area contributed by atoms with Crippen molar-refractivity contribution in [2.75, 3.05) is 20.1 Å². The summed E-state index contributed by atoms with van der Waals surface area (Å²) in [6.07, 6.45) is -0.515. The van der Waals surface area contributed by atoms with Crippen LogP contribution in [0.15, 0.2) is 78.9 Å². The summed E-state index contributed by atoms with van der Waals surface area (Å²) in [6.45, 7) is 2.16. The van der Waals surface area contributed by atoms with E-state index in [1.807, 2.05) is 37.3 Å². The number of rotatable bonds is 6. The molecule has 0 radical (unpaired) electrons. The summed E-state index contributed by atoms with van der Waals surface area (Å²) in [5.74, 6) is -0.709. The second-order valence-electron chi connectivity index (χ2n) is 10.2. The van der Waals surface area contributed by atoms with Crippen molar-refractivity contribution in [3.8, 4) is 5.75 Å². The number of hydrogen-bond acceptors (Lipinski definition) is 5. The predicted molar refractivity (Wildman–Crippen MR) is 146 cm³/mol. The minimum absolute atomic E-state index is 0.0753. The van der Waals surface area contributed by atoms with Gasteiger partial charge in [0.1, 0.15) is 23.8 Å². The van der Waals surface area contributed by atoms with Crippen LogP contribution >= 0.6 is 0 Å². The van der Waals surface area contributed by atoms with E-state index in [4.69, 9.17) is 0 Å². The number of carbonyl (C=O) groups is 3. The number of carbonyl (C=O) groups excluding carboxylic acids is 3. The summed E-state index contributed by atoms with van der Waals surface area (Å²) >= 11 is 0.